The number of carbonyl (C=O) groups is 1. The second-order valence-electron chi connectivity index (χ2n) is 7.29. The number of nitrogens with zero attached hydrogens (tertiary/aromatic N) is 1. The standard InChI is InChI=1S/C22H28N2O4S/c1-17(25)18-9-8-10-19(15-18)29(26,27)23-16-21(24-13-6-3-7-14-24)20-11-4-5-12-22(20)28-2/h4-5,8-12,15,21,23H,3,6-7,13-14,16H2,1-2H3. The number of ether oxygens (including phenoxy) is 1. The van der Waals surface area contributed by atoms with Gasteiger partial charge in [-0.25, -0.2) is 13.1 Å². The predicted molar refractivity (Wildman–Crippen MR) is 113 cm³/mol. The van der Waals surface area contributed by atoms with E-state index in [1.807, 2.05) is 24.3 Å². The van der Waals surface area contributed by atoms with Crippen LogP contribution in [0.3, 0.4) is 0 Å². The Kier molecular flexibility index (Phi) is 7.05. The molecule has 1 fully saturated rings. The van der Waals surface area contributed by atoms with E-state index in [2.05, 4.69) is 9.62 Å². The summed E-state index contributed by atoms with van der Waals surface area (Å²) in [5.41, 5.74) is 1.35. The first-order valence-corrected chi connectivity index (χ1v) is 11.4. The number of carbonyl (C=O) groups excluding carboxylic acids is 1. The molecule has 7 heteroatoms. The second-order valence-corrected chi connectivity index (χ2v) is 9.06. The highest BCUT2D eigenvalue weighted by atomic mass is 32.2. The number of nitrogens with one attached hydrogen (secondary N) is 1. The number of hydrogen-bond acceptors (Lipinski definition) is 5. The van der Waals surface area contributed by atoms with Gasteiger partial charge in [-0.15, -0.1) is 0 Å². The molecule has 2 aromatic carbocycles. The van der Waals surface area contributed by atoms with E-state index in [9.17, 15) is 13.2 Å². The van der Waals surface area contributed by atoms with Crippen LogP contribution in [0, 0.1) is 0 Å². The van der Waals surface area contributed by atoms with Crippen molar-refractivity contribution < 1.29 is 17.9 Å². The van der Waals surface area contributed by atoms with Crippen LogP contribution in [0.1, 0.15) is 48.1 Å². The first kappa shape index (κ1) is 21.5. The lowest BCUT2D eigenvalue weighted by atomic mass is 10.0. The SMILES string of the molecule is COc1ccccc1C(CNS(=O)(=O)c1cccc(C(C)=O)c1)N1CCCCC1. The minimum Gasteiger partial charge on any atom is -0.496 e. The van der Waals surface area contributed by atoms with Crippen LogP contribution in [0.4, 0.5) is 0 Å². The molecule has 1 atom stereocenters. The van der Waals surface area contributed by atoms with Crippen molar-refractivity contribution in [2.24, 2.45) is 0 Å². The van der Waals surface area contributed by atoms with Gasteiger partial charge in [-0.1, -0.05) is 36.8 Å². The summed E-state index contributed by atoms with van der Waals surface area (Å²) in [5.74, 6) is 0.586. The van der Waals surface area contributed by atoms with Crippen LogP contribution in [0.2, 0.25) is 0 Å². The first-order chi connectivity index (χ1) is 13.9. The van der Waals surface area contributed by atoms with Gasteiger partial charge in [0.15, 0.2) is 5.78 Å². The zero-order valence-corrected chi connectivity index (χ0v) is 17.7. The Morgan fingerprint density at radius 2 is 1.83 bits per heavy atom. The molecule has 1 heterocycles. The molecule has 3 rings (SSSR count). The van der Waals surface area contributed by atoms with Crippen LogP contribution in [0.15, 0.2) is 53.4 Å². The molecule has 0 aliphatic carbocycles. The normalized spacial score (nSPS) is 16.3. The van der Waals surface area contributed by atoms with Crippen molar-refractivity contribution in [1.29, 1.82) is 0 Å². The molecule has 0 aromatic heterocycles. The van der Waals surface area contributed by atoms with Gasteiger partial charge in [0, 0.05) is 17.7 Å². The Labute approximate surface area is 172 Å². The lowest BCUT2D eigenvalue weighted by Crippen LogP contribution is -2.40. The van der Waals surface area contributed by atoms with Crippen LogP contribution in [-0.4, -0.2) is 45.8 Å². The van der Waals surface area contributed by atoms with Gasteiger partial charge in [0.25, 0.3) is 0 Å². The van der Waals surface area contributed by atoms with Gasteiger partial charge < -0.3 is 4.74 Å². The molecule has 0 saturated carbocycles. The van der Waals surface area contributed by atoms with E-state index >= 15 is 0 Å². The highest BCUT2D eigenvalue weighted by Gasteiger charge is 2.27. The van der Waals surface area contributed by atoms with Crippen LogP contribution in [0.5, 0.6) is 5.75 Å². The maximum Gasteiger partial charge on any atom is 0.240 e. The summed E-state index contributed by atoms with van der Waals surface area (Å²) in [5, 5.41) is 0. The number of Topliss-reactive ketones (excluding diaryl/α,β-unsaturated/α-hetero) is 1. The topological polar surface area (TPSA) is 75.7 Å². The number of sulfonamides is 1. The lowest BCUT2D eigenvalue weighted by molar-refractivity contribution is 0.101. The fraction of sp³-hybridized carbons (Fsp3) is 0.409. The molecule has 29 heavy (non-hydrogen) atoms. The average molecular weight is 417 g/mol. The van der Waals surface area contributed by atoms with E-state index in [0.29, 0.717) is 5.56 Å². The zero-order valence-electron chi connectivity index (χ0n) is 16.9. The second kappa shape index (κ2) is 9.52. The van der Waals surface area contributed by atoms with E-state index < -0.39 is 10.0 Å². The Morgan fingerprint density at radius 3 is 2.52 bits per heavy atom. The van der Waals surface area contributed by atoms with Gasteiger partial charge in [0.1, 0.15) is 5.75 Å². The molecule has 0 bridgehead atoms. The van der Waals surface area contributed by atoms with Crippen molar-refractivity contribution >= 4 is 15.8 Å². The monoisotopic (exact) mass is 416 g/mol. The molecule has 1 aliphatic rings. The third kappa shape index (κ3) is 5.23. The number of rotatable bonds is 8. The van der Waals surface area contributed by atoms with Crippen molar-refractivity contribution in [2.75, 3.05) is 26.7 Å². The molecule has 1 N–H and O–H groups in total. The number of para-hydroxylation sites is 1. The van der Waals surface area contributed by atoms with E-state index in [1.54, 1.807) is 19.2 Å². The molecule has 156 valence electrons. The quantitative estimate of drug-likeness (QED) is 0.668. The molecule has 1 unspecified atom stereocenters. The first-order valence-electron chi connectivity index (χ1n) is 9.90. The minimum absolute atomic E-state index is 0.0996. The van der Waals surface area contributed by atoms with E-state index in [4.69, 9.17) is 4.74 Å². The summed E-state index contributed by atoms with van der Waals surface area (Å²) in [6.45, 7) is 3.49. The molecular weight excluding hydrogens is 388 g/mol. The Balaban J connectivity index is 1.86. The molecule has 1 saturated heterocycles. The van der Waals surface area contributed by atoms with Crippen molar-refractivity contribution in [1.82, 2.24) is 9.62 Å². The van der Waals surface area contributed by atoms with E-state index in [-0.39, 0.29) is 23.3 Å². The lowest BCUT2D eigenvalue weighted by Gasteiger charge is -2.35. The van der Waals surface area contributed by atoms with Gasteiger partial charge in [-0.3, -0.25) is 9.69 Å². The van der Waals surface area contributed by atoms with Gasteiger partial charge >= 0.3 is 0 Å². The van der Waals surface area contributed by atoms with Gasteiger partial charge in [-0.2, -0.15) is 0 Å². The minimum atomic E-state index is -3.75. The summed E-state index contributed by atoms with van der Waals surface area (Å²) in [4.78, 5) is 14.0. The summed E-state index contributed by atoms with van der Waals surface area (Å²) in [6.07, 6.45) is 3.39. The zero-order chi connectivity index (χ0) is 20.9. The molecule has 1 aliphatic heterocycles. The van der Waals surface area contributed by atoms with Crippen molar-refractivity contribution in [3.63, 3.8) is 0 Å². The predicted octanol–water partition coefficient (Wildman–Crippen LogP) is 3.40. The summed E-state index contributed by atoms with van der Waals surface area (Å²) in [6, 6.07) is 13.8. The van der Waals surface area contributed by atoms with E-state index in [0.717, 1.165) is 37.2 Å². The molecule has 0 radical (unpaired) electrons. The van der Waals surface area contributed by atoms with E-state index in [1.165, 1.54) is 25.5 Å². The number of piperidine rings is 1. The fourth-order valence-electron chi connectivity index (χ4n) is 3.76. The largest absolute Gasteiger partial charge is 0.496 e. The smallest absolute Gasteiger partial charge is 0.240 e. The highest BCUT2D eigenvalue weighted by molar-refractivity contribution is 7.89. The number of ketones is 1. The number of likely N-dealkylation sites (tertiary alicyclic amines) is 1. The molecule has 6 nitrogen and oxygen atoms in total. The van der Waals surface area contributed by atoms with Crippen LogP contribution < -0.4 is 9.46 Å². The van der Waals surface area contributed by atoms with Gasteiger partial charge in [0.05, 0.1) is 18.0 Å². The molecular formula is C22H28N2O4S. The third-order valence-electron chi connectivity index (χ3n) is 5.35. The summed E-state index contributed by atoms with van der Waals surface area (Å²) >= 11 is 0. The summed E-state index contributed by atoms with van der Waals surface area (Å²) < 4.78 is 34.1. The number of benzene rings is 2. The third-order valence-corrected chi connectivity index (χ3v) is 6.77. The maximum atomic E-state index is 12.9. The molecule has 0 amide bonds. The Morgan fingerprint density at radius 1 is 1.10 bits per heavy atom. The molecule has 2 aromatic rings. The van der Waals surface area contributed by atoms with Crippen LogP contribution in [-0.2, 0) is 10.0 Å². The average Bonchev–Trinajstić information content (AvgIpc) is 2.75. The van der Waals surface area contributed by atoms with Gasteiger partial charge in [0.2, 0.25) is 10.0 Å². The van der Waals surface area contributed by atoms with Crippen LogP contribution >= 0.6 is 0 Å². The highest BCUT2D eigenvalue weighted by Crippen LogP contribution is 2.31. The van der Waals surface area contributed by atoms with Crippen molar-refractivity contribution in [3.8, 4) is 5.75 Å². The Hall–Kier alpha value is -2.22. The van der Waals surface area contributed by atoms with Crippen LogP contribution in [0.25, 0.3) is 0 Å². The van der Waals surface area contributed by atoms with Crippen molar-refractivity contribution in [3.05, 3.63) is 59.7 Å². The number of hydrogen-bond donors (Lipinski definition) is 1. The van der Waals surface area contributed by atoms with Crippen molar-refractivity contribution in [2.45, 2.75) is 37.1 Å². The fourth-order valence-corrected chi connectivity index (χ4v) is 4.85. The molecule has 0 spiro atoms. The summed E-state index contributed by atoms with van der Waals surface area (Å²) in [7, 11) is -2.12. The number of methoxy groups -OCH3 is 1. The maximum absolute atomic E-state index is 12.9. The van der Waals surface area contributed by atoms with Gasteiger partial charge in [-0.05, 0) is 51.1 Å². The Bertz CT molecular complexity index is 953.